The highest BCUT2D eigenvalue weighted by Gasteiger charge is 2.47. The van der Waals surface area contributed by atoms with Crippen molar-refractivity contribution in [1.29, 1.82) is 0 Å². The minimum Gasteiger partial charge on any atom is -0.507 e. The number of rotatable bonds is 1. The monoisotopic (exact) mass is 318 g/mol. The summed E-state index contributed by atoms with van der Waals surface area (Å²) in [5, 5.41) is 10.4. The van der Waals surface area contributed by atoms with Gasteiger partial charge in [-0.1, -0.05) is 13.8 Å². The van der Waals surface area contributed by atoms with Crippen LogP contribution in [0.1, 0.15) is 55.9 Å². The van der Waals surface area contributed by atoms with Crippen LogP contribution in [0.2, 0.25) is 0 Å². The SMILES string of the molecule is Cc1c(C)c2c(c(C)c1O)CC(C)C(C)(C1CC(C)CCO1)O2. The second-order valence-corrected chi connectivity index (χ2v) is 7.91. The Balaban J connectivity index is 2.03. The van der Waals surface area contributed by atoms with Gasteiger partial charge in [-0.3, -0.25) is 0 Å². The van der Waals surface area contributed by atoms with E-state index >= 15 is 0 Å². The molecule has 1 aromatic rings. The average Bonchev–Trinajstić information content (AvgIpc) is 2.53. The molecule has 0 bridgehead atoms. The van der Waals surface area contributed by atoms with Gasteiger partial charge in [0.05, 0.1) is 6.10 Å². The van der Waals surface area contributed by atoms with Gasteiger partial charge in [-0.25, -0.2) is 0 Å². The molecule has 1 N–H and O–H groups in total. The first-order valence-corrected chi connectivity index (χ1v) is 8.87. The molecule has 0 aliphatic carbocycles. The molecule has 1 saturated heterocycles. The zero-order valence-electron chi connectivity index (χ0n) is 15.3. The number of ether oxygens (including phenoxy) is 2. The summed E-state index contributed by atoms with van der Waals surface area (Å²) in [6.07, 6.45) is 3.28. The molecule has 0 amide bonds. The normalized spacial score (nSPS) is 33.9. The van der Waals surface area contributed by atoms with E-state index in [1.807, 2.05) is 20.8 Å². The van der Waals surface area contributed by atoms with E-state index in [2.05, 4.69) is 20.8 Å². The zero-order chi connectivity index (χ0) is 16.9. The van der Waals surface area contributed by atoms with Crippen molar-refractivity contribution >= 4 is 0 Å². The van der Waals surface area contributed by atoms with E-state index in [0.717, 1.165) is 48.3 Å². The quantitative estimate of drug-likeness (QED) is 0.830. The van der Waals surface area contributed by atoms with Crippen LogP contribution in [0.25, 0.3) is 0 Å². The number of phenolic OH excluding ortho intramolecular Hbond substituents is 1. The van der Waals surface area contributed by atoms with Crippen molar-refractivity contribution in [3.63, 3.8) is 0 Å². The Kier molecular flexibility index (Phi) is 4.12. The lowest BCUT2D eigenvalue weighted by Gasteiger charge is -2.48. The summed E-state index contributed by atoms with van der Waals surface area (Å²) in [7, 11) is 0. The fourth-order valence-corrected chi connectivity index (χ4v) is 4.13. The van der Waals surface area contributed by atoms with Gasteiger partial charge in [0.1, 0.15) is 17.1 Å². The topological polar surface area (TPSA) is 38.7 Å². The number of benzene rings is 1. The third-order valence-electron chi connectivity index (χ3n) is 6.34. The van der Waals surface area contributed by atoms with Crippen LogP contribution in [0, 0.1) is 32.6 Å². The molecule has 3 rings (SSSR count). The largest absolute Gasteiger partial charge is 0.507 e. The molecule has 0 spiro atoms. The van der Waals surface area contributed by atoms with Crippen molar-refractivity contribution < 1.29 is 14.6 Å². The number of hydrogen-bond acceptors (Lipinski definition) is 3. The summed E-state index contributed by atoms with van der Waals surface area (Å²) in [6, 6.07) is 0. The van der Waals surface area contributed by atoms with Crippen LogP contribution in [0.4, 0.5) is 0 Å². The fraction of sp³-hybridized carbons (Fsp3) is 0.700. The summed E-state index contributed by atoms with van der Waals surface area (Å²) < 4.78 is 12.8. The van der Waals surface area contributed by atoms with Gasteiger partial charge >= 0.3 is 0 Å². The van der Waals surface area contributed by atoms with Crippen molar-refractivity contribution in [2.75, 3.05) is 6.61 Å². The fourth-order valence-electron chi connectivity index (χ4n) is 4.13. The molecule has 0 saturated carbocycles. The van der Waals surface area contributed by atoms with Crippen LogP contribution in [0.15, 0.2) is 0 Å². The molecule has 2 aliphatic rings. The van der Waals surface area contributed by atoms with Crippen molar-refractivity contribution in [2.24, 2.45) is 11.8 Å². The number of hydrogen-bond donors (Lipinski definition) is 1. The first-order valence-electron chi connectivity index (χ1n) is 8.87. The lowest BCUT2D eigenvalue weighted by atomic mass is 9.74. The highest BCUT2D eigenvalue weighted by molar-refractivity contribution is 5.58. The maximum absolute atomic E-state index is 10.4. The standard InChI is InChI=1S/C20H30O3/c1-11-7-8-22-17(9-11)20(6)12(2)10-16-15(5)18(21)13(3)14(4)19(16)23-20/h11-12,17,21H,7-10H2,1-6H3. The lowest BCUT2D eigenvalue weighted by Crippen LogP contribution is -2.55. The summed E-state index contributed by atoms with van der Waals surface area (Å²) in [5.74, 6) is 2.43. The van der Waals surface area contributed by atoms with Gasteiger partial charge in [0.2, 0.25) is 0 Å². The van der Waals surface area contributed by atoms with E-state index < -0.39 is 0 Å². The van der Waals surface area contributed by atoms with Crippen LogP contribution in [0.5, 0.6) is 11.5 Å². The van der Waals surface area contributed by atoms with Gasteiger partial charge in [-0.2, -0.15) is 0 Å². The lowest BCUT2D eigenvalue weighted by molar-refractivity contribution is -0.142. The zero-order valence-corrected chi connectivity index (χ0v) is 15.3. The minimum absolute atomic E-state index is 0.142. The Morgan fingerprint density at radius 2 is 1.78 bits per heavy atom. The molecule has 128 valence electrons. The Morgan fingerprint density at radius 3 is 2.43 bits per heavy atom. The molecular weight excluding hydrogens is 288 g/mol. The average molecular weight is 318 g/mol. The van der Waals surface area contributed by atoms with Crippen LogP contribution < -0.4 is 4.74 Å². The molecular formula is C20H30O3. The molecule has 4 unspecified atom stereocenters. The van der Waals surface area contributed by atoms with Crippen molar-refractivity contribution in [2.45, 2.75) is 72.5 Å². The highest BCUT2D eigenvalue weighted by Crippen LogP contribution is 2.47. The number of aromatic hydroxyl groups is 1. The molecule has 0 radical (unpaired) electrons. The van der Waals surface area contributed by atoms with E-state index in [9.17, 15) is 5.11 Å². The smallest absolute Gasteiger partial charge is 0.135 e. The Morgan fingerprint density at radius 1 is 1.09 bits per heavy atom. The summed E-state index contributed by atoms with van der Waals surface area (Å²) in [5.41, 5.74) is 3.82. The Labute approximate surface area is 140 Å². The third-order valence-corrected chi connectivity index (χ3v) is 6.34. The first-order chi connectivity index (χ1) is 10.8. The molecule has 1 fully saturated rings. The highest BCUT2D eigenvalue weighted by atomic mass is 16.6. The number of phenols is 1. The van der Waals surface area contributed by atoms with Gasteiger partial charge < -0.3 is 14.6 Å². The molecule has 4 atom stereocenters. The maximum atomic E-state index is 10.4. The first kappa shape index (κ1) is 16.6. The van der Waals surface area contributed by atoms with Crippen LogP contribution >= 0.6 is 0 Å². The van der Waals surface area contributed by atoms with Crippen molar-refractivity contribution in [3.8, 4) is 11.5 Å². The summed E-state index contributed by atoms with van der Waals surface area (Å²) in [6.45, 7) is 13.6. The molecule has 2 aliphatic heterocycles. The second kappa shape index (κ2) is 5.70. The molecule has 3 nitrogen and oxygen atoms in total. The molecule has 0 aromatic heterocycles. The van der Waals surface area contributed by atoms with Crippen LogP contribution in [0.3, 0.4) is 0 Å². The maximum Gasteiger partial charge on any atom is 0.135 e. The summed E-state index contributed by atoms with van der Waals surface area (Å²) >= 11 is 0. The van der Waals surface area contributed by atoms with Crippen LogP contribution in [-0.2, 0) is 11.2 Å². The van der Waals surface area contributed by atoms with E-state index in [-0.39, 0.29) is 11.7 Å². The summed E-state index contributed by atoms with van der Waals surface area (Å²) in [4.78, 5) is 0. The van der Waals surface area contributed by atoms with Gasteiger partial charge in [0.25, 0.3) is 0 Å². The van der Waals surface area contributed by atoms with Gasteiger partial charge in [0.15, 0.2) is 0 Å². The molecule has 3 heteroatoms. The van der Waals surface area contributed by atoms with E-state index in [4.69, 9.17) is 9.47 Å². The third kappa shape index (κ3) is 2.53. The minimum atomic E-state index is -0.303. The Hall–Kier alpha value is -1.22. The van der Waals surface area contributed by atoms with E-state index in [1.165, 1.54) is 5.56 Å². The van der Waals surface area contributed by atoms with Crippen LogP contribution in [-0.4, -0.2) is 23.4 Å². The predicted molar refractivity (Wildman–Crippen MR) is 92.4 cm³/mol. The second-order valence-electron chi connectivity index (χ2n) is 7.91. The molecule has 23 heavy (non-hydrogen) atoms. The van der Waals surface area contributed by atoms with E-state index in [1.54, 1.807) is 0 Å². The van der Waals surface area contributed by atoms with Gasteiger partial charge in [-0.15, -0.1) is 0 Å². The molecule has 2 heterocycles. The van der Waals surface area contributed by atoms with Crippen molar-refractivity contribution in [3.05, 3.63) is 22.3 Å². The van der Waals surface area contributed by atoms with Crippen molar-refractivity contribution in [1.82, 2.24) is 0 Å². The molecule has 1 aromatic carbocycles. The van der Waals surface area contributed by atoms with Gasteiger partial charge in [0, 0.05) is 18.1 Å². The number of fused-ring (bicyclic) bond motifs is 1. The predicted octanol–water partition coefficient (Wildman–Crippen LogP) is 4.46. The van der Waals surface area contributed by atoms with E-state index in [0.29, 0.717) is 17.6 Å². The van der Waals surface area contributed by atoms with Gasteiger partial charge in [-0.05, 0) is 69.6 Å². The Bertz CT molecular complexity index is 622.